The van der Waals surface area contributed by atoms with Crippen LogP contribution in [0.5, 0.6) is 0 Å². The Labute approximate surface area is 51.9 Å². The Bertz CT molecular complexity index is 6.85. The van der Waals surface area contributed by atoms with Crippen molar-refractivity contribution in [3.63, 3.8) is 0 Å². The van der Waals surface area contributed by atoms with Gasteiger partial charge < -0.3 is 0 Å². The fourth-order valence-electron chi connectivity index (χ4n) is 0. The molecule has 0 aromatic rings. The second-order valence-corrected chi connectivity index (χ2v) is 1.22. The molecule has 0 atom stereocenters. The van der Waals surface area contributed by atoms with Gasteiger partial charge in [-0.05, 0) is 17.4 Å². The van der Waals surface area contributed by atoms with Crippen molar-refractivity contribution in [1.29, 1.82) is 0 Å². The number of hydrogen-bond acceptors (Lipinski definition) is 1. The summed E-state index contributed by atoms with van der Waals surface area (Å²) in [4.78, 5) is 1.97. The lowest BCUT2D eigenvalue weighted by Gasteiger charge is -1.51. The van der Waals surface area contributed by atoms with Crippen LogP contribution in [0.4, 0.5) is 0 Å². The molecule has 0 amide bonds. The van der Waals surface area contributed by atoms with Crippen LogP contribution in [0.3, 0.4) is 0 Å². The van der Waals surface area contributed by atoms with E-state index in [1.807, 2.05) is 17.4 Å². The van der Waals surface area contributed by atoms with Gasteiger partial charge in [-0.25, -0.2) is 0 Å². The van der Waals surface area contributed by atoms with Crippen molar-refractivity contribution < 1.29 is 0 Å². The van der Waals surface area contributed by atoms with Crippen LogP contribution in [0.25, 0.3) is 0 Å². The summed E-state index contributed by atoms with van der Waals surface area (Å²) in [7, 11) is 0. The SMILES string of the molecule is CI.CSC. The molecule has 0 aliphatic rings. The monoisotopic (exact) mass is 204 g/mol. The maximum absolute atomic E-state index is 2.15. The van der Waals surface area contributed by atoms with Crippen molar-refractivity contribution in [2.45, 2.75) is 0 Å². The predicted molar refractivity (Wildman–Crippen MR) is 39.4 cm³/mol. The van der Waals surface area contributed by atoms with Gasteiger partial charge in [0.25, 0.3) is 0 Å². The molecule has 0 saturated heterocycles. The van der Waals surface area contributed by atoms with Crippen molar-refractivity contribution in [3.05, 3.63) is 0 Å². The summed E-state index contributed by atoms with van der Waals surface area (Å²) in [5, 5.41) is 0. The lowest BCUT2D eigenvalue weighted by Crippen LogP contribution is -1.25. The molecule has 0 nitrogen and oxygen atoms in total. The number of halogens is 1. The van der Waals surface area contributed by atoms with Gasteiger partial charge in [0, 0.05) is 0 Å². The molecule has 34 valence electrons. The van der Waals surface area contributed by atoms with Crippen molar-refractivity contribution in [2.75, 3.05) is 17.4 Å². The average molecular weight is 204 g/mol. The molecule has 0 fully saturated rings. The maximum Gasteiger partial charge on any atom is -0.0121 e. The van der Waals surface area contributed by atoms with Gasteiger partial charge in [-0.1, -0.05) is 22.6 Å². The molecule has 0 unspecified atom stereocenters. The van der Waals surface area contributed by atoms with Crippen molar-refractivity contribution in [3.8, 4) is 0 Å². The summed E-state index contributed by atoms with van der Waals surface area (Å²) in [6.45, 7) is 0. The molecule has 0 N–H and O–H groups in total. The van der Waals surface area contributed by atoms with E-state index in [0.29, 0.717) is 0 Å². The van der Waals surface area contributed by atoms with Gasteiger partial charge in [0.15, 0.2) is 0 Å². The summed E-state index contributed by atoms with van der Waals surface area (Å²) < 4.78 is 0. The first-order valence-electron chi connectivity index (χ1n) is 1.19. The topological polar surface area (TPSA) is 0 Å². The summed E-state index contributed by atoms with van der Waals surface area (Å²) >= 11 is 3.90. The molecule has 0 spiro atoms. The van der Waals surface area contributed by atoms with Crippen LogP contribution in [-0.4, -0.2) is 17.4 Å². The number of hydrogen-bond donors (Lipinski definition) is 0. The quantitative estimate of drug-likeness (QED) is 0.429. The predicted octanol–water partition coefficient (Wildman–Crippen LogP) is 2.03. The zero-order valence-electron chi connectivity index (χ0n) is 3.79. The summed E-state index contributed by atoms with van der Waals surface area (Å²) in [6.07, 6.45) is 4.08. The summed E-state index contributed by atoms with van der Waals surface area (Å²) in [5.41, 5.74) is 0. The van der Waals surface area contributed by atoms with Crippen LogP contribution in [0, 0.1) is 0 Å². The minimum absolute atomic E-state index is 1.75. The standard InChI is InChI=1S/C2H6S.CH3I/c1-3-2;1-2/h1-2H3;1H3. The molecule has 5 heavy (non-hydrogen) atoms. The number of alkyl halides is 1. The Morgan fingerprint density at radius 1 is 1.20 bits per heavy atom. The van der Waals surface area contributed by atoms with Crippen LogP contribution < -0.4 is 0 Å². The molecular formula is C3H9IS. The summed E-state index contributed by atoms with van der Waals surface area (Å²) in [5.74, 6) is 0. The van der Waals surface area contributed by atoms with Crippen LogP contribution in [0.15, 0.2) is 0 Å². The van der Waals surface area contributed by atoms with E-state index in [1.54, 1.807) is 11.8 Å². The first-order valence-corrected chi connectivity index (χ1v) is 4.98. The van der Waals surface area contributed by atoms with E-state index in [2.05, 4.69) is 22.6 Å². The second kappa shape index (κ2) is 19.5. The average Bonchev–Trinajstić information content (AvgIpc) is 1.46. The normalized spacial score (nSPS) is 4.80. The van der Waals surface area contributed by atoms with Gasteiger partial charge in [0.2, 0.25) is 0 Å². The third-order valence-corrected chi connectivity index (χ3v) is 0. The lowest BCUT2D eigenvalue weighted by atomic mass is 11.9. The van der Waals surface area contributed by atoms with Gasteiger partial charge >= 0.3 is 0 Å². The van der Waals surface area contributed by atoms with Crippen molar-refractivity contribution in [2.24, 2.45) is 0 Å². The van der Waals surface area contributed by atoms with Gasteiger partial charge in [-0.3, -0.25) is 0 Å². The van der Waals surface area contributed by atoms with Crippen LogP contribution in [0.2, 0.25) is 0 Å². The highest BCUT2D eigenvalue weighted by Crippen LogP contribution is 1.70. The fraction of sp³-hybridized carbons (Fsp3) is 1.00. The number of rotatable bonds is 0. The molecule has 2 heteroatoms. The van der Waals surface area contributed by atoms with Crippen molar-refractivity contribution in [1.82, 2.24) is 0 Å². The van der Waals surface area contributed by atoms with E-state index in [9.17, 15) is 0 Å². The van der Waals surface area contributed by atoms with E-state index < -0.39 is 0 Å². The van der Waals surface area contributed by atoms with E-state index in [0.717, 1.165) is 0 Å². The molecule has 0 rings (SSSR count). The van der Waals surface area contributed by atoms with E-state index in [-0.39, 0.29) is 0 Å². The van der Waals surface area contributed by atoms with Gasteiger partial charge in [-0.15, -0.1) is 0 Å². The molecule has 0 aliphatic heterocycles. The van der Waals surface area contributed by atoms with Crippen LogP contribution in [0.1, 0.15) is 0 Å². The molecule has 0 bridgehead atoms. The largest absolute Gasteiger partial charge is 0.169 e. The van der Waals surface area contributed by atoms with Gasteiger partial charge in [-0.2, -0.15) is 11.8 Å². The third kappa shape index (κ3) is 41.3. The van der Waals surface area contributed by atoms with Crippen LogP contribution in [-0.2, 0) is 0 Å². The van der Waals surface area contributed by atoms with E-state index >= 15 is 0 Å². The molecule has 0 radical (unpaired) electrons. The Hall–Kier alpha value is 1.08. The molecule has 0 saturated carbocycles. The minimum atomic E-state index is 1.75. The first-order chi connectivity index (χ1) is 2.41. The molecule has 0 aliphatic carbocycles. The third-order valence-electron chi connectivity index (χ3n) is 0. The highest BCUT2D eigenvalue weighted by Gasteiger charge is 1.32. The Morgan fingerprint density at radius 3 is 1.20 bits per heavy atom. The maximum atomic E-state index is 2.15. The molecule has 0 aromatic heterocycles. The molecular weight excluding hydrogens is 195 g/mol. The second-order valence-electron chi connectivity index (χ2n) is 0.408. The van der Waals surface area contributed by atoms with Gasteiger partial charge in [0.1, 0.15) is 0 Å². The highest BCUT2D eigenvalue weighted by atomic mass is 127. The zero-order valence-corrected chi connectivity index (χ0v) is 6.76. The fourth-order valence-corrected chi connectivity index (χ4v) is 0. The smallest absolute Gasteiger partial charge is 0.0121 e. The van der Waals surface area contributed by atoms with Crippen molar-refractivity contribution >= 4 is 34.4 Å². The Morgan fingerprint density at radius 2 is 1.20 bits per heavy atom. The first kappa shape index (κ1) is 9.43. The highest BCUT2D eigenvalue weighted by molar-refractivity contribution is 14.1. The summed E-state index contributed by atoms with van der Waals surface area (Å²) in [6, 6.07) is 0. The molecule has 0 heterocycles. The van der Waals surface area contributed by atoms with E-state index in [4.69, 9.17) is 0 Å². The Balaban J connectivity index is 0. The minimum Gasteiger partial charge on any atom is -0.169 e. The van der Waals surface area contributed by atoms with E-state index in [1.165, 1.54) is 0 Å². The number of thioether (sulfide) groups is 1. The molecule has 0 aromatic carbocycles. The zero-order chi connectivity index (χ0) is 4.71. The Kier molecular flexibility index (Phi) is 36.8. The van der Waals surface area contributed by atoms with Crippen LogP contribution >= 0.6 is 34.4 Å². The van der Waals surface area contributed by atoms with Gasteiger partial charge in [0.05, 0.1) is 0 Å². The lowest BCUT2D eigenvalue weighted by molar-refractivity contribution is 2.37.